The van der Waals surface area contributed by atoms with Gasteiger partial charge in [0.25, 0.3) is 5.91 Å². The molecule has 29 heavy (non-hydrogen) atoms. The summed E-state index contributed by atoms with van der Waals surface area (Å²) >= 11 is 5.79. The Morgan fingerprint density at radius 2 is 1.79 bits per heavy atom. The molecule has 1 atom stereocenters. The zero-order chi connectivity index (χ0) is 20.8. The highest BCUT2D eigenvalue weighted by Crippen LogP contribution is 2.32. The third kappa shape index (κ3) is 5.71. The molecule has 7 nitrogen and oxygen atoms in total. The highest BCUT2D eigenvalue weighted by atomic mass is 35.5. The van der Waals surface area contributed by atoms with Crippen LogP contribution in [0.1, 0.15) is 35.7 Å². The van der Waals surface area contributed by atoms with E-state index in [0.717, 1.165) is 5.56 Å². The molecule has 152 valence electrons. The van der Waals surface area contributed by atoms with Crippen LogP contribution in [0.25, 0.3) is 0 Å². The van der Waals surface area contributed by atoms with Gasteiger partial charge in [0.1, 0.15) is 0 Å². The van der Waals surface area contributed by atoms with Crippen molar-refractivity contribution in [1.82, 2.24) is 5.32 Å². The molecule has 1 aliphatic rings. The van der Waals surface area contributed by atoms with E-state index in [-0.39, 0.29) is 32.0 Å². The third-order valence-corrected chi connectivity index (χ3v) is 4.56. The highest BCUT2D eigenvalue weighted by molar-refractivity contribution is 6.30. The Kier molecular flexibility index (Phi) is 6.72. The lowest BCUT2D eigenvalue weighted by atomic mass is 10.1. The molecule has 1 N–H and O–H groups in total. The predicted octanol–water partition coefficient (Wildman–Crippen LogP) is 3.28. The first-order valence-corrected chi connectivity index (χ1v) is 9.44. The van der Waals surface area contributed by atoms with Crippen LogP contribution >= 0.6 is 11.6 Å². The molecule has 0 bridgehead atoms. The van der Waals surface area contributed by atoms with E-state index in [9.17, 15) is 14.4 Å². The Morgan fingerprint density at radius 1 is 1.07 bits per heavy atom. The van der Waals surface area contributed by atoms with Crippen LogP contribution in [0.4, 0.5) is 0 Å². The number of carbonyl (C=O) groups is 3. The number of Topliss-reactive ketones (excluding diaryl/α,β-unsaturated/α-hetero) is 1. The molecule has 0 saturated carbocycles. The molecule has 1 unspecified atom stereocenters. The van der Waals surface area contributed by atoms with E-state index in [4.69, 9.17) is 25.8 Å². The van der Waals surface area contributed by atoms with E-state index in [1.54, 1.807) is 36.4 Å². The number of amides is 1. The minimum absolute atomic E-state index is 0.00794. The number of hydrogen-bond donors (Lipinski definition) is 1. The molecule has 2 aromatic carbocycles. The highest BCUT2D eigenvalue weighted by Gasteiger charge is 2.19. The minimum atomic E-state index is -0.970. The number of ether oxygens (including phenoxy) is 3. The number of nitrogens with one attached hydrogen (secondary N) is 1. The summed E-state index contributed by atoms with van der Waals surface area (Å²) in [5, 5.41) is 3.23. The maximum Gasteiger partial charge on any atom is 0.307 e. The number of ketones is 1. The fourth-order valence-electron chi connectivity index (χ4n) is 2.69. The molecule has 1 heterocycles. The molecule has 0 spiro atoms. The Balaban J connectivity index is 1.41. The number of rotatable bonds is 8. The van der Waals surface area contributed by atoms with Crippen molar-refractivity contribution in [2.45, 2.75) is 32.4 Å². The quantitative estimate of drug-likeness (QED) is 0.523. The molecule has 0 fully saturated rings. The molecule has 2 aromatic rings. The number of halogens is 1. The molecule has 8 heteroatoms. The fraction of sp³-hybridized carbons (Fsp3) is 0.286. The van der Waals surface area contributed by atoms with E-state index < -0.39 is 18.0 Å². The van der Waals surface area contributed by atoms with Gasteiger partial charge in [0.2, 0.25) is 6.79 Å². The monoisotopic (exact) mass is 417 g/mol. The zero-order valence-electron chi connectivity index (χ0n) is 15.8. The van der Waals surface area contributed by atoms with Crippen LogP contribution < -0.4 is 14.8 Å². The average molecular weight is 418 g/mol. The standard InChI is InChI=1S/C21H20ClNO6/c1-13(21(26)23-11-14-2-8-18-19(10-14)28-12-27-18)29-20(25)9-7-17(24)15-3-5-16(22)6-4-15/h2-6,8,10,13H,7,9,11-12H2,1H3,(H,23,26). The van der Waals surface area contributed by atoms with Crippen molar-refractivity contribution in [1.29, 1.82) is 0 Å². The van der Waals surface area contributed by atoms with Gasteiger partial charge in [-0.05, 0) is 48.9 Å². The zero-order valence-corrected chi connectivity index (χ0v) is 16.5. The van der Waals surface area contributed by atoms with Gasteiger partial charge in [0, 0.05) is 23.6 Å². The molecular formula is C21H20ClNO6. The lowest BCUT2D eigenvalue weighted by molar-refractivity contribution is -0.154. The van der Waals surface area contributed by atoms with E-state index in [1.165, 1.54) is 6.92 Å². The molecule has 0 saturated heterocycles. The van der Waals surface area contributed by atoms with E-state index in [0.29, 0.717) is 22.1 Å². The molecule has 0 aliphatic carbocycles. The van der Waals surface area contributed by atoms with Crippen molar-refractivity contribution in [2.24, 2.45) is 0 Å². The van der Waals surface area contributed by atoms with E-state index >= 15 is 0 Å². The maximum atomic E-state index is 12.2. The maximum absolute atomic E-state index is 12.2. The van der Waals surface area contributed by atoms with Crippen molar-refractivity contribution >= 4 is 29.3 Å². The van der Waals surface area contributed by atoms with Gasteiger partial charge in [-0.25, -0.2) is 0 Å². The number of benzene rings is 2. The van der Waals surface area contributed by atoms with Gasteiger partial charge in [-0.15, -0.1) is 0 Å². The van der Waals surface area contributed by atoms with Gasteiger partial charge in [-0.1, -0.05) is 17.7 Å². The summed E-state index contributed by atoms with van der Waals surface area (Å²) < 4.78 is 15.6. The second kappa shape index (κ2) is 9.43. The predicted molar refractivity (Wildman–Crippen MR) is 105 cm³/mol. The summed E-state index contributed by atoms with van der Waals surface area (Å²) in [4.78, 5) is 36.2. The van der Waals surface area contributed by atoms with Crippen molar-refractivity contribution in [3.05, 3.63) is 58.6 Å². The fourth-order valence-corrected chi connectivity index (χ4v) is 2.82. The Bertz CT molecular complexity index is 912. The summed E-state index contributed by atoms with van der Waals surface area (Å²) in [6.07, 6.45) is -1.09. The molecular weight excluding hydrogens is 398 g/mol. The minimum Gasteiger partial charge on any atom is -0.454 e. The second-order valence-electron chi connectivity index (χ2n) is 6.47. The van der Waals surface area contributed by atoms with Crippen molar-refractivity contribution < 1.29 is 28.6 Å². The summed E-state index contributed by atoms with van der Waals surface area (Å²) in [7, 11) is 0. The molecule has 1 aliphatic heterocycles. The van der Waals surface area contributed by atoms with Gasteiger partial charge in [-0.2, -0.15) is 0 Å². The third-order valence-electron chi connectivity index (χ3n) is 4.30. The number of carbonyl (C=O) groups excluding carboxylic acids is 3. The second-order valence-corrected chi connectivity index (χ2v) is 6.90. The summed E-state index contributed by atoms with van der Waals surface area (Å²) in [6, 6.07) is 11.8. The smallest absolute Gasteiger partial charge is 0.307 e. The Hall–Kier alpha value is -3.06. The molecule has 1 amide bonds. The summed E-state index contributed by atoms with van der Waals surface area (Å²) in [6.45, 7) is 1.92. The molecule has 3 rings (SSSR count). The number of esters is 1. The van der Waals surface area contributed by atoms with Crippen molar-refractivity contribution in [2.75, 3.05) is 6.79 Å². The average Bonchev–Trinajstić information content (AvgIpc) is 3.18. The van der Waals surface area contributed by atoms with Gasteiger partial charge in [0.05, 0.1) is 6.42 Å². The van der Waals surface area contributed by atoms with Crippen LogP contribution in [-0.4, -0.2) is 30.6 Å². The van der Waals surface area contributed by atoms with Crippen LogP contribution in [0.2, 0.25) is 5.02 Å². The Morgan fingerprint density at radius 3 is 2.55 bits per heavy atom. The van der Waals surface area contributed by atoms with Crippen molar-refractivity contribution in [3.8, 4) is 11.5 Å². The molecule has 0 aromatic heterocycles. The first kappa shape index (κ1) is 20.7. The first-order chi connectivity index (χ1) is 13.9. The summed E-state index contributed by atoms with van der Waals surface area (Å²) in [5.74, 6) is 0.0497. The van der Waals surface area contributed by atoms with Crippen LogP contribution in [0, 0.1) is 0 Å². The van der Waals surface area contributed by atoms with Crippen LogP contribution in [0.15, 0.2) is 42.5 Å². The first-order valence-electron chi connectivity index (χ1n) is 9.07. The van der Waals surface area contributed by atoms with Gasteiger partial charge in [-0.3, -0.25) is 14.4 Å². The number of fused-ring (bicyclic) bond motifs is 1. The normalized spacial score (nSPS) is 12.9. The van der Waals surface area contributed by atoms with Crippen LogP contribution in [-0.2, 0) is 20.9 Å². The number of hydrogen-bond acceptors (Lipinski definition) is 6. The largest absolute Gasteiger partial charge is 0.454 e. The van der Waals surface area contributed by atoms with Gasteiger partial charge >= 0.3 is 5.97 Å². The topological polar surface area (TPSA) is 90.9 Å². The van der Waals surface area contributed by atoms with Gasteiger partial charge in [0.15, 0.2) is 23.4 Å². The van der Waals surface area contributed by atoms with Crippen LogP contribution in [0.5, 0.6) is 11.5 Å². The van der Waals surface area contributed by atoms with E-state index in [2.05, 4.69) is 5.32 Å². The molecule has 0 radical (unpaired) electrons. The Labute approximate surface area is 172 Å². The van der Waals surface area contributed by atoms with Crippen molar-refractivity contribution in [3.63, 3.8) is 0 Å². The SMILES string of the molecule is CC(OC(=O)CCC(=O)c1ccc(Cl)cc1)C(=O)NCc1ccc2c(c1)OCO2. The van der Waals surface area contributed by atoms with Gasteiger partial charge < -0.3 is 19.5 Å². The summed E-state index contributed by atoms with van der Waals surface area (Å²) in [5.41, 5.74) is 1.30. The lowest BCUT2D eigenvalue weighted by Gasteiger charge is -2.13. The van der Waals surface area contributed by atoms with E-state index in [1.807, 2.05) is 6.07 Å². The lowest BCUT2D eigenvalue weighted by Crippen LogP contribution is -2.35. The van der Waals surface area contributed by atoms with Crippen LogP contribution in [0.3, 0.4) is 0 Å².